The van der Waals surface area contributed by atoms with E-state index >= 15 is 0 Å². The molecule has 0 atom stereocenters. The van der Waals surface area contributed by atoms with Crippen LogP contribution in [-0.2, 0) is 111 Å². The number of aliphatic carboxylic acids is 1. The van der Waals surface area contributed by atoms with Gasteiger partial charge in [0.05, 0.1) is 38.1 Å². The van der Waals surface area contributed by atoms with Gasteiger partial charge in [-0.15, -0.1) is 22.7 Å². The maximum atomic E-state index is 12.4. The Morgan fingerprint density at radius 1 is 0.567 bits per heavy atom. The number of carbonyl (C=O) groups is 4. The van der Waals surface area contributed by atoms with Crippen molar-refractivity contribution >= 4 is 58.1 Å². The van der Waals surface area contributed by atoms with Gasteiger partial charge in [-0.05, 0) is 23.3 Å². The fraction of sp³-hybridized carbons (Fsp3) is 0.280. The number of hydrogen-bond acceptors (Lipinski definition) is 13. The van der Waals surface area contributed by atoms with Gasteiger partial charge in [-0.25, -0.2) is 19.6 Å². The predicted octanol–water partition coefficient (Wildman–Crippen LogP) is 12.1. The second-order valence-electron chi connectivity index (χ2n) is 11.1. The topological polar surface area (TPSA) is 189 Å². The van der Waals surface area contributed by atoms with Crippen LogP contribution in [-0.4, -0.2) is 53.1 Å². The van der Waals surface area contributed by atoms with E-state index in [4.69, 9.17) is 20.3 Å². The quantitative estimate of drug-likeness (QED) is 0.0734. The number of thiazole rings is 2. The summed E-state index contributed by atoms with van der Waals surface area (Å²) in [6, 6.07) is 34.2. The van der Waals surface area contributed by atoms with Crippen LogP contribution in [0.25, 0.3) is 0 Å². The van der Waals surface area contributed by atoms with Crippen molar-refractivity contribution in [3.8, 4) is 11.5 Å². The second kappa shape index (κ2) is 45.4. The molecule has 6 rings (SSSR count). The van der Waals surface area contributed by atoms with Crippen molar-refractivity contribution in [2.45, 2.75) is 81.4 Å². The number of rotatable bonds is 13. The molecular formula is C50H68N4O9S2Y2-2. The molecule has 0 saturated heterocycles. The molecule has 0 aliphatic heterocycles. The number of benzene rings is 4. The number of nitrogens with one attached hydrogen (secondary N) is 1. The molecule has 362 valence electrons. The van der Waals surface area contributed by atoms with Gasteiger partial charge in [-0.1, -0.05) is 152 Å². The number of para-hydroxylation sites is 2. The first-order valence-electron chi connectivity index (χ1n) is 20.5. The molecule has 0 bridgehead atoms. The summed E-state index contributed by atoms with van der Waals surface area (Å²) in [5.41, 5.74) is 11.8. The van der Waals surface area contributed by atoms with Crippen molar-refractivity contribution in [2.24, 2.45) is 0 Å². The number of carboxylic acid groups (broad SMARTS) is 1. The van der Waals surface area contributed by atoms with Crippen molar-refractivity contribution in [3.05, 3.63) is 167 Å². The number of amides is 1. The molecule has 0 saturated carbocycles. The predicted molar refractivity (Wildman–Crippen MR) is 268 cm³/mol. The zero-order valence-electron chi connectivity index (χ0n) is 41.0. The summed E-state index contributed by atoms with van der Waals surface area (Å²) in [6.45, 7) is 16.9. The SMILES string of the molecule is CC.CC.CC.CC.COC(=O)c1scnc1N.COC(=O)c1scnc1NC(=O)Cc1ccccc1OCc1ccccc1.O=C(O)Cc1ccccc1OCc1ccccc1.[CH3-].[CH3-].[Y].[Y]. The molecule has 0 aliphatic carbocycles. The van der Waals surface area contributed by atoms with E-state index in [2.05, 4.69) is 24.8 Å². The molecule has 0 aliphatic rings. The molecule has 0 spiro atoms. The number of methoxy groups -OCH3 is 2. The van der Waals surface area contributed by atoms with Crippen LogP contribution in [0.3, 0.4) is 0 Å². The van der Waals surface area contributed by atoms with E-state index in [1.165, 1.54) is 36.6 Å². The van der Waals surface area contributed by atoms with Gasteiger partial charge in [0.15, 0.2) is 15.6 Å². The number of esters is 2. The van der Waals surface area contributed by atoms with Gasteiger partial charge >= 0.3 is 17.9 Å². The third kappa shape index (κ3) is 28.5. The van der Waals surface area contributed by atoms with E-state index in [1.54, 1.807) is 12.1 Å². The Morgan fingerprint density at radius 2 is 0.940 bits per heavy atom. The first-order valence-corrected chi connectivity index (χ1v) is 22.2. The molecule has 2 radical (unpaired) electrons. The maximum absolute atomic E-state index is 12.4. The zero-order chi connectivity index (χ0) is 47.4. The van der Waals surface area contributed by atoms with E-state index in [0.717, 1.165) is 28.0 Å². The summed E-state index contributed by atoms with van der Waals surface area (Å²) in [5.74, 6) is -0.393. The summed E-state index contributed by atoms with van der Waals surface area (Å²) in [6.07, 6.45) is 0.0774. The average molecular weight is 1110 g/mol. The molecule has 2 aromatic heterocycles. The molecule has 0 unspecified atom stereocenters. The van der Waals surface area contributed by atoms with Gasteiger partial charge in [0.2, 0.25) is 5.91 Å². The van der Waals surface area contributed by atoms with Crippen molar-refractivity contribution in [2.75, 3.05) is 25.3 Å². The largest absolute Gasteiger partial charge is 0.489 e. The van der Waals surface area contributed by atoms with Crippen molar-refractivity contribution < 1.29 is 109 Å². The Kier molecular flexibility index (Phi) is 48.5. The molecule has 17 heteroatoms. The molecule has 4 N–H and O–H groups in total. The van der Waals surface area contributed by atoms with E-state index in [-0.39, 0.29) is 116 Å². The summed E-state index contributed by atoms with van der Waals surface area (Å²) < 4.78 is 20.6. The number of aromatic nitrogens is 2. The van der Waals surface area contributed by atoms with E-state index in [9.17, 15) is 19.2 Å². The van der Waals surface area contributed by atoms with Gasteiger partial charge in [0, 0.05) is 76.5 Å². The number of carbonyl (C=O) groups excluding carboxylic acids is 3. The summed E-state index contributed by atoms with van der Waals surface area (Å²) in [4.78, 5) is 53.9. The molecular weight excluding hydrogens is 1040 g/mol. The maximum Gasteiger partial charge on any atom is 0.351 e. The smallest absolute Gasteiger partial charge is 0.351 e. The number of nitrogen functional groups attached to an aromatic ring is 1. The van der Waals surface area contributed by atoms with Crippen molar-refractivity contribution in [1.82, 2.24) is 9.97 Å². The molecule has 67 heavy (non-hydrogen) atoms. The Labute approximate surface area is 457 Å². The van der Waals surface area contributed by atoms with E-state index in [1.807, 2.05) is 152 Å². The number of hydrogen-bond donors (Lipinski definition) is 3. The van der Waals surface area contributed by atoms with Gasteiger partial charge in [0.25, 0.3) is 0 Å². The fourth-order valence-electron chi connectivity index (χ4n) is 4.64. The van der Waals surface area contributed by atoms with Gasteiger partial charge < -0.3 is 50.0 Å². The first-order chi connectivity index (χ1) is 30.7. The fourth-order valence-corrected chi connectivity index (χ4v) is 5.92. The number of anilines is 2. The van der Waals surface area contributed by atoms with Gasteiger partial charge in [-0.3, -0.25) is 9.59 Å². The summed E-state index contributed by atoms with van der Waals surface area (Å²) >= 11 is 2.29. The molecule has 2 heterocycles. The van der Waals surface area contributed by atoms with E-state index < -0.39 is 17.9 Å². The molecule has 1 amide bonds. The Balaban J connectivity index is -0.000000279. The van der Waals surface area contributed by atoms with E-state index in [0.29, 0.717) is 35.2 Å². The third-order valence-electron chi connectivity index (χ3n) is 7.27. The molecule has 4 aromatic carbocycles. The average Bonchev–Trinajstić information content (AvgIpc) is 4.00. The minimum Gasteiger partial charge on any atom is -0.489 e. The normalized spacial score (nSPS) is 8.57. The summed E-state index contributed by atoms with van der Waals surface area (Å²) in [7, 11) is 2.59. The Hall–Kier alpha value is -4.37. The number of ether oxygens (including phenoxy) is 4. The van der Waals surface area contributed by atoms with Crippen LogP contribution in [0.15, 0.2) is 120 Å². The molecule has 13 nitrogen and oxygen atoms in total. The van der Waals surface area contributed by atoms with Crippen LogP contribution in [0.5, 0.6) is 11.5 Å². The first kappa shape index (κ1) is 71.6. The number of nitrogens with zero attached hydrogens (tertiary/aromatic N) is 2. The zero-order valence-corrected chi connectivity index (χ0v) is 48.3. The van der Waals surface area contributed by atoms with Crippen molar-refractivity contribution in [1.29, 1.82) is 0 Å². The number of nitrogens with two attached hydrogens (primary N) is 1. The molecule has 6 aromatic rings. The standard InChI is InChI=1S/C20H18N2O4S.C15H14O3.C5H6N2O2S.4C2H6.2CH3.2Y/c1-25-20(24)18-19(21-13-27-18)22-17(23)11-15-9-5-6-10-16(15)26-12-14-7-3-2-4-8-14;16-15(17)10-13-8-4-5-9-14(13)18-11-12-6-2-1-3-7-12;1-9-5(8)3-4(6)7-2-10-3;4*1-2;;;;/h2-10,13H,11-12H2,1H3,(H,22,23);1-9H,10-11H2,(H,16,17);2H,6H2,1H3;4*1-2H3;2*1H3;;/q;;;;;;;2*-1;;. The van der Waals surface area contributed by atoms with Crippen LogP contribution in [0.4, 0.5) is 11.6 Å². The second-order valence-corrected chi connectivity index (χ2v) is 12.8. The Morgan fingerprint density at radius 3 is 1.34 bits per heavy atom. The molecule has 0 fully saturated rings. The van der Waals surface area contributed by atoms with Crippen LogP contribution in [0.1, 0.15) is 97.0 Å². The third-order valence-corrected chi connectivity index (χ3v) is 8.90. The summed E-state index contributed by atoms with van der Waals surface area (Å²) in [5, 5.41) is 11.5. The van der Waals surface area contributed by atoms with Gasteiger partial charge in [-0.2, -0.15) is 0 Å². The monoisotopic (exact) mass is 1110 g/mol. The van der Waals surface area contributed by atoms with Crippen LogP contribution in [0.2, 0.25) is 0 Å². The minimum atomic E-state index is -0.856. The van der Waals surface area contributed by atoms with Crippen LogP contribution in [0, 0.1) is 14.9 Å². The van der Waals surface area contributed by atoms with Crippen molar-refractivity contribution in [3.63, 3.8) is 0 Å². The van der Waals surface area contributed by atoms with Gasteiger partial charge in [0.1, 0.15) is 30.5 Å². The van der Waals surface area contributed by atoms with Crippen LogP contribution >= 0.6 is 22.7 Å². The Bertz CT molecular complexity index is 2160. The van der Waals surface area contributed by atoms with Crippen LogP contribution < -0.4 is 20.5 Å². The number of carboxylic acids is 1. The minimum absolute atomic E-state index is 0.